The Balaban J connectivity index is 1.74. The van der Waals surface area contributed by atoms with Crippen LogP contribution in [0.25, 0.3) is 0 Å². The van der Waals surface area contributed by atoms with Crippen molar-refractivity contribution in [2.75, 3.05) is 12.4 Å². The number of anilines is 1. The van der Waals surface area contributed by atoms with E-state index < -0.39 is 10.0 Å². The average Bonchev–Trinajstić information content (AvgIpc) is 2.70. The van der Waals surface area contributed by atoms with Crippen LogP contribution in [0.2, 0.25) is 5.02 Å². The van der Waals surface area contributed by atoms with Gasteiger partial charge in [-0.05, 0) is 67.8 Å². The van der Waals surface area contributed by atoms with Gasteiger partial charge in [0.05, 0.1) is 4.90 Å². The van der Waals surface area contributed by atoms with Crippen LogP contribution in [0.4, 0.5) is 5.69 Å². The molecule has 1 N–H and O–H groups in total. The van der Waals surface area contributed by atoms with E-state index in [0.717, 1.165) is 31.2 Å². The summed E-state index contributed by atoms with van der Waals surface area (Å²) < 4.78 is 27.3. The first kappa shape index (κ1) is 20.8. The number of sulfonamides is 1. The molecular formula is C21H25ClN2O3S. The molecule has 3 rings (SSSR count). The average molecular weight is 421 g/mol. The molecule has 0 unspecified atom stereocenters. The van der Waals surface area contributed by atoms with Crippen LogP contribution in [0.1, 0.15) is 48.0 Å². The van der Waals surface area contributed by atoms with E-state index in [1.807, 2.05) is 6.92 Å². The Labute approximate surface area is 171 Å². The molecule has 0 bridgehead atoms. The number of nitrogens with one attached hydrogen (secondary N) is 1. The Morgan fingerprint density at radius 1 is 1.07 bits per heavy atom. The summed E-state index contributed by atoms with van der Waals surface area (Å²) in [5.74, 6) is -0.296. The number of hydrogen-bond acceptors (Lipinski definition) is 3. The predicted octanol–water partition coefficient (Wildman–Crippen LogP) is 4.85. The molecule has 1 amide bonds. The number of benzene rings is 2. The van der Waals surface area contributed by atoms with Gasteiger partial charge < -0.3 is 5.32 Å². The van der Waals surface area contributed by atoms with Gasteiger partial charge in [-0.25, -0.2) is 8.42 Å². The maximum atomic E-state index is 12.9. The lowest BCUT2D eigenvalue weighted by atomic mass is 9.96. The minimum Gasteiger partial charge on any atom is -0.322 e. The zero-order chi connectivity index (χ0) is 20.3. The summed E-state index contributed by atoms with van der Waals surface area (Å²) in [6.07, 6.45) is 5.09. The molecule has 2 aromatic rings. The van der Waals surface area contributed by atoms with Crippen molar-refractivity contribution >= 4 is 33.2 Å². The topological polar surface area (TPSA) is 66.5 Å². The Bertz CT molecular complexity index is 952. The van der Waals surface area contributed by atoms with Gasteiger partial charge in [0.25, 0.3) is 5.91 Å². The van der Waals surface area contributed by atoms with E-state index in [1.165, 1.54) is 22.9 Å². The summed E-state index contributed by atoms with van der Waals surface area (Å²) in [6, 6.07) is 11.4. The van der Waals surface area contributed by atoms with E-state index in [9.17, 15) is 13.2 Å². The van der Waals surface area contributed by atoms with Gasteiger partial charge in [-0.1, -0.05) is 30.9 Å². The summed E-state index contributed by atoms with van der Waals surface area (Å²) in [6.45, 7) is 1.86. The Morgan fingerprint density at radius 3 is 2.32 bits per heavy atom. The zero-order valence-electron chi connectivity index (χ0n) is 16.1. The van der Waals surface area contributed by atoms with E-state index >= 15 is 0 Å². The van der Waals surface area contributed by atoms with Crippen LogP contribution in [0.15, 0.2) is 47.4 Å². The zero-order valence-corrected chi connectivity index (χ0v) is 17.7. The molecule has 0 saturated heterocycles. The van der Waals surface area contributed by atoms with Crippen molar-refractivity contribution < 1.29 is 13.2 Å². The van der Waals surface area contributed by atoms with E-state index in [-0.39, 0.29) is 16.8 Å². The number of carbonyl (C=O) groups excluding carboxylic acids is 1. The molecule has 0 spiro atoms. The van der Waals surface area contributed by atoms with Crippen LogP contribution < -0.4 is 5.32 Å². The van der Waals surface area contributed by atoms with Gasteiger partial charge in [-0.3, -0.25) is 4.79 Å². The smallest absolute Gasteiger partial charge is 0.255 e. The van der Waals surface area contributed by atoms with Crippen molar-refractivity contribution in [3.8, 4) is 0 Å². The molecule has 28 heavy (non-hydrogen) atoms. The molecule has 2 aromatic carbocycles. The molecule has 0 aliphatic heterocycles. The van der Waals surface area contributed by atoms with Gasteiger partial charge >= 0.3 is 0 Å². The first-order chi connectivity index (χ1) is 13.3. The minimum atomic E-state index is -3.56. The first-order valence-corrected chi connectivity index (χ1v) is 11.3. The van der Waals surface area contributed by atoms with E-state index in [2.05, 4.69) is 5.32 Å². The molecule has 7 heteroatoms. The molecular weight excluding hydrogens is 396 g/mol. The molecule has 0 atom stereocenters. The fraction of sp³-hybridized carbons (Fsp3) is 0.381. The highest BCUT2D eigenvalue weighted by molar-refractivity contribution is 7.89. The van der Waals surface area contributed by atoms with Crippen LogP contribution in [0.5, 0.6) is 0 Å². The summed E-state index contributed by atoms with van der Waals surface area (Å²) in [5.41, 5.74) is 1.92. The number of carbonyl (C=O) groups is 1. The SMILES string of the molecule is Cc1cc(Cl)ccc1NC(=O)c1ccc(S(=O)(=O)N(C)C2CCCCC2)cc1. The van der Waals surface area contributed by atoms with Crippen molar-refractivity contribution in [2.24, 2.45) is 0 Å². The van der Waals surface area contributed by atoms with E-state index in [1.54, 1.807) is 37.4 Å². The van der Waals surface area contributed by atoms with Crippen molar-refractivity contribution in [1.82, 2.24) is 4.31 Å². The number of halogens is 1. The van der Waals surface area contributed by atoms with Crippen molar-refractivity contribution in [3.05, 3.63) is 58.6 Å². The third-order valence-corrected chi connectivity index (χ3v) is 7.48. The Hall–Kier alpha value is -1.89. The van der Waals surface area contributed by atoms with Gasteiger partial charge in [0, 0.05) is 29.4 Å². The highest BCUT2D eigenvalue weighted by Crippen LogP contribution is 2.27. The largest absolute Gasteiger partial charge is 0.322 e. The molecule has 1 aliphatic carbocycles. The highest BCUT2D eigenvalue weighted by Gasteiger charge is 2.29. The number of amides is 1. The quantitative estimate of drug-likeness (QED) is 0.751. The van der Waals surface area contributed by atoms with Gasteiger partial charge in [-0.2, -0.15) is 4.31 Å². The number of hydrogen-bond donors (Lipinski definition) is 1. The van der Waals surface area contributed by atoms with Gasteiger partial charge in [0.1, 0.15) is 0 Å². The number of aryl methyl sites for hydroxylation is 1. The fourth-order valence-corrected chi connectivity index (χ4v) is 5.19. The van der Waals surface area contributed by atoms with Crippen LogP contribution in [0.3, 0.4) is 0 Å². The standard InChI is InChI=1S/C21H25ClN2O3S/c1-15-14-17(22)10-13-20(15)23-21(25)16-8-11-19(12-9-16)28(26,27)24(2)18-6-4-3-5-7-18/h8-14,18H,3-7H2,1-2H3,(H,23,25). The van der Waals surface area contributed by atoms with Crippen LogP contribution >= 0.6 is 11.6 Å². The van der Waals surface area contributed by atoms with E-state index in [4.69, 9.17) is 11.6 Å². The number of nitrogens with zero attached hydrogens (tertiary/aromatic N) is 1. The molecule has 0 aromatic heterocycles. The molecule has 1 fully saturated rings. The maximum Gasteiger partial charge on any atom is 0.255 e. The number of rotatable bonds is 5. The first-order valence-electron chi connectivity index (χ1n) is 9.44. The Morgan fingerprint density at radius 2 is 1.71 bits per heavy atom. The van der Waals surface area contributed by atoms with Crippen molar-refractivity contribution in [3.63, 3.8) is 0 Å². The third kappa shape index (κ3) is 4.57. The normalized spacial score (nSPS) is 15.6. The van der Waals surface area contributed by atoms with E-state index in [0.29, 0.717) is 16.3 Å². The van der Waals surface area contributed by atoms with Crippen LogP contribution in [-0.2, 0) is 10.0 Å². The lowest BCUT2D eigenvalue weighted by molar-refractivity contribution is 0.102. The third-order valence-electron chi connectivity index (χ3n) is 5.32. The highest BCUT2D eigenvalue weighted by atomic mass is 35.5. The summed E-state index contributed by atoms with van der Waals surface area (Å²) in [4.78, 5) is 12.7. The van der Waals surface area contributed by atoms with Crippen LogP contribution in [-0.4, -0.2) is 31.7 Å². The second-order valence-corrected chi connectivity index (χ2v) is 9.68. The van der Waals surface area contributed by atoms with Gasteiger partial charge in [-0.15, -0.1) is 0 Å². The molecule has 1 aliphatic rings. The van der Waals surface area contributed by atoms with Crippen molar-refractivity contribution in [2.45, 2.75) is 50.0 Å². The molecule has 1 saturated carbocycles. The molecule has 0 heterocycles. The predicted molar refractivity (Wildman–Crippen MR) is 112 cm³/mol. The maximum absolute atomic E-state index is 12.9. The minimum absolute atomic E-state index is 0.0506. The summed E-state index contributed by atoms with van der Waals surface area (Å²) >= 11 is 5.94. The lowest BCUT2D eigenvalue weighted by Crippen LogP contribution is -2.38. The van der Waals surface area contributed by atoms with Gasteiger partial charge in [0.2, 0.25) is 10.0 Å². The molecule has 0 radical (unpaired) electrons. The molecule has 5 nitrogen and oxygen atoms in total. The second kappa shape index (κ2) is 8.64. The van der Waals surface area contributed by atoms with Gasteiger partial charge in [0.15, 0.2) is 0 Å². The fourth-order valence-electron chi connectivity index (χ4n) is 3.55. The summed E-state index contributed by atoms with van der Waals surface area (Å²) in [5, 5.41) is 3.43. The second-order valence-electron chi connectivity index (χ2n) is 7.25. The van der Waals surface area contributed by atoms with Crippen LogP contribution in [0, 0.1) is 6.92 Å². The molecule has 150 valence electrons. The lowest BCUT2D eigenvalue weighted by Gasteiger charge is -2.30. The summed E-state index contributed by atoms with van der Waals surface area (Å²) in [7, 11) is -1.92. The van der Waals surface area contributed by atoms with Crippen molar-refractivity contribution in [1.29, 1.82) is 0 Å². The monoisotopic (exact) mass is 420 g/mol. The Kier molecular flexibility index (Phi) is 6.43.